The number of benzene rings is 1. The Balaban J connectivity index is 0.00000302. The summed E-state index contributed by atoms with van der Waals surface area (Å²) < 4.78 is 5.18. The van der Waals surface area contributed by atoms with Crippen molar-refractivity contribution in [3.8, 4) is 0 Å². The number of rotatable bonds is 13. The molecule has 0 bridgehead atoms. The van der Waals surface area contributed by atoms with Crippen molar-refractivity contribution < 1.29 is 19.1 Å². The van der Waals surface area contributed by atoms with E-state index in [9.17, 15) is 14.4 Å². The lowest BCUT2D eigenvalue weighted by atomic mass is 10.0. The normalized spacial score (nSPS) is 13.4. The molecule has 1 rings (SSSR count). The molecule has 0 aromatic heterocycles. The van der Waals surface area contributed by atoms with Gasteiger partial charge in [0.15, 0.2) is 0 Å². The van der Waals surface area contributed by atoms with E-state index < -0.39 is 18.1 Å². The summed E-state index contributed by atoms with van der Waals surface area (Å²) in [4.78, 5) is 40.1. The molecule has 0 saturated carbocycles. The van der Waals surface area contributed by atoms with E-state index in [1.807, 2.05) is 49.2 Å². The predicted molar refractivity (Wildman–Crippen MR) is 130 cm³/mol. The van der Waals surface area contributed by atoms with Gasteiger partial charge in [0.25, 0.3) is 0 Å². The van der Waals surface area contributed by atoms with Gasteiger partial charge in [-0.15, -0.1) is 0 Å². The maximum atomic E-state index is 12.8. The summed E-state index contributed by atoms with van der Waals surface area (Å²) in [6.45, 7) is 11.2. The minimum atomic E-state index is -0.625. The van der Waals surface area contributed by atoms with Crippen molar-refractivity contribution in [1.29, 1.82) is 0 Å². The number of likely N-dealkylation sites (N-methyl/N-ethyl adjacent to an activating group) is 2. The molecule has 0 aliphatic carbocycles. The van der Waals surface area contributed by atoms with Gasteiger partial charge < -0.3 is 19.3 Å². The van der Waals surface area contributed by atoms with Crippen molar-refractivity contribution in [2.24, 2.45) is 0 Å². The van der Waals surface area contributed by atoms with Crippen LogP contribution in [0.1, 0.15) is 53.0 Å². The van der Waals surface area contributed by atoms with Crippen LogP contribution in [-0.2, 0) is 25.5 Å². The number of amides is 1. The van der Waals surface area contributed by atoms with Crippen LogP contribution >= 0.6 is 0 Å². The topological polar surface area (TPSA) is 79.0 Å². The van der Waals surface area contributed by atoms with Crippen molar-refractivity contribution in [1.82, 2.24) is 15.1 Å². The molecule has 0 spiro atoms. The maximum absolute atomic E-state index is 12.8. The zero-order valence-corrected chi connectivity index (χ0v) is 21.0. The van der Waals surface area contributed by atoms with Crippen LogP contribution in [-0.4, -0.2) is 79.9 Å². The minimum Gasteiger partial charge on any atom is -0.465 e. The Hall–Kier alpha value is -2.25. The number of hydrogen-bond donors (Lipinski definition) is 1. The van der Waals surface area contributed by atoms with Gasteiger partial charge in [0.1, 0.15) is 12.3 Å². The second kappa shape index (κ2) is 17.3. The fourth-order valence-electron chi connectivity index (χ4n) is 3.01. The standard InChI is InChI=1S/C22H35N3O4.C3H8/c1-6-24(4)15-19(16-26)25(5)21(27)17(3)23-20(22(28)29-7-2)14-13-18-11-9-8-10-12-18;1-3-2/h8-12,16-17,19-20,23H,6-7,13-15H2,1-5H3;3H2,1-2H3/t17-,19-,20-;/m0./s1. The zero-order valence-electron chi connectivity index (χ0n) is 21.0. The van der Waals surface area contributed by atoms with Gasteiger partial charge in [-0.05, 0) is 45.8 Å². The first-order valence-electron chi connectivity index (χ1n) is 11.6. The summed E-state index contributed by atoms with van der Waals surface area (Å²) in [5, 5.41) is 3.10. The number of esters is 1. The summed E-state index contributed by atoms with van der Waals surface area (Å²) in [6.07, 6.45) is 3.24. The molecule has 1 aromatic carbocycles. The van der Waals surface area contributed by atoms with E-state index in [0.29, 0.717) is 19.4 Å². The van der Waals surface area contributed by atoms with Crippen LogP contribution in [0.25, 0.3) is 0 Å². The van der Waals surface area contributed by atoms with Crippen LogP contribution in [0, 0.1) is 0 Å². The lowest BCUT2D eigenvalue weighted by molar-refractivity contribution is -0.146. The molecule has 0 unspecified atom stereocenters. The van der Waals surface area contributed by atoms with Gasteiger partial charge >= 0.3 is 5.97 Å². The second-order valence-corrected chi connectivity index (χ2v) is 7.93. The number of nitrogens with one attached hydrogen (secondary N) is 1. The number of aryl methyl sites for hydroxylation is 1. The van der Waals surface area contributed by atoms with Gasteiger partial charge in [0.05, 0.1) is 18.7 Å². The first kappa shape index (κ1) is 29.8. The zero-order chi connectivity index (χ0) is 24.5. The molecule has 0 saturated heterocycles. The Morgan fingerprint density at radius 1 is 1.09 bits per heavy atom. The minimum absolute atomic E-state index is 0.236. The highest BCUT2D eigenvalue weighted by Crippen LogP contribution is 2.09. The molecule has 0 aliphatic heterocycles. The van der Waals surface area contributed by atoms with E-state index in [0.717, 1.165) is 18.4 Å². The molecule has 1 N–H and O–H groups in total. The van der Waals surface area contributed by atoms with Crippen molar-refractivity contribution in [3.05, 3.63) is 35.9 Å². The lowest BCUT2D eigenvalue weighted by Crippen LogP contribution is -2.54. The summed E-state index contributed by atoms with van der Waals surface area (Å²) in [5.74, 6) is -0.607. The summed E-state index contributed by atoms with van der Waals surface area (Å²) in [7, 11) is 3.52. The monoisotopic (exact) mass is 449 g/mol. The lowest BCUT2D eigenvalue weighted by Gasteiger charge is -2.30. The van der Waals surface area contributed by atoms with Crippen molar-refractivity contribution in [3.63, 3.8) is 0 Å². The van der Waals surface area contributed by atoms with E-state index >= 15 is 0 Å². The fraction of sp³-hybridized carbons (Fsp3) is 0.640. The van der Waals surface area contributed by atoms with Gasteiger partial charge in [-0.3, -0.25) is 14.9 Å². The SMILES string of the molecule is CCC.CCOC(=O)[C@H](CCc1ccccc1)N[C@@H](C)C(=O)N(C)[C@H](C=O)CN(C)CC. The van der Waals surface area contributed by atoms with Crippen molar-refractivity contribution in [2.75, 3.05) is 33.8 Å². The summed E-state index contributed by atoms with van der Waals surface area (Å²) in [5.41, 5.74) is 1.11. The predicted octanol–water partition coefficient (Wildman–Crippen LogP) is 2.92. The highest BCUT2D eigenvalue weighted by Gasteiger charge is 2.29. The van der Waals surface area contributed by atoms with Gasteiger partial charge in [-0.1, -0.05) is 57.5 Å². The molecule has 1 aromatic rings. The Kier molecular flexibility index (Phi) is 16.1. The molecule has 0 aliphatic rings. The third-order valence-corrected chi connectivity index (χ3v) is 5.00. The number of ether oxygens (including phenoxy) is 1. The quantitative estimate of drug-likeness (QED) is 0.368. The average Bonchev–Trinajstić information content (AvgIpc) is 2.80. The van der Waals surface area contributed by atoms with Crippen LogP contribution < -0.4 is 5.32 Å². The molecule has 7 nitrogen and oxygen atoms in total. The first-order valence-corrected chi connectivity index (χ1v) is 11.6. The molecule has 7 heteroatoms. The first-order chi connectivity index (χ1) is 15.2. The number of carbonyl (C=O) groups excluding carboxylic acids is 3. The number of hydrogen-bond acceptors (Lipinski definition) is 6. The smallest absolute Gasteiger partial charge is 0.323 e. The van der Waals surface area contributed by atoms with Crippen molar-refractivity contribution >= 4 is 18.2 Å². The highest BCUT2D eigenvalue weighted by atomic mass is 16.5. The van der Waals surface area contributed by atoms with E-state index in [4.69, 9.17) is 4.74 Å². The third kappa shape index (κ3) is 11.4. The number of aldehydes is 1. The van der Waals surface area contributed by atoms with Crippen LogP contribution in [0.5, 0.6) is 0 Å². The van der Waals surface area contributed by atoms with Gasteiger partial charge in [-0.25, -0.2) is 0 Å². The van der Waals surface area contributed by atoms with Gasteiger partial charge in [-0.2, -0.15) is 0 Å². The fourth-order valence-corrected chi connectivity index (χ4v) is 3.01. The number of carbonyl (C=O) groups is 3. The third-order valence-electron chi connectivity index (χ3n) is 5.00. The summed E-state index contributed by atoms with van der Waals surface area (Å²) >= 11 is 0. The molecular weight excluding hydrogens is 406 g/mol. The van der Waals surface area contributed by atoms with Crippen molar-refractivity contribution in [2.45, 2.75) is 72.0 Å². The Morgan fingerprint density at radius 2 is 1.69 bits per heavy atom. The summed E-state index contributed by atoms with van der Waals surface area (Å²) in [6, 6.07) is 8.09. The molecular formula is C25H43N3O4. The second-order valence-electron chi connectivity index (χ2n) is 7.93. The van der Waals surface area contributed by atoms with Gasteiger partial charge in [0.2, 0.25) is 5.91 Å². The van der Waals surface area contributed by atoms with Crippen LogP contribution in [0.3, 0.4) is 0 Å². The average molecular weight is 450 g/mol. The van der Waals surface area contributed by atoms with E-state index in [2.05, 4.69) is 19.2 Å². The van der Waals surface area contributed by atoms with Crippen LogP contribution in [0.15, 0.2) is 30.3 Å². The Bertz CT molecular complexity index is 654. The molecule has 3 atom stereocenters. The highest BCUT2D eigenvalue weighted by molar-refractivity contribution is 5.85. The van der Waals surface area contributed by atoms with E-state index in [-0.39, 0.29) is 18.5 Å². The molecule has 32 heavy (non-hydrogen) atoms. The largest absolute Gasteiger partial charge is 0.465 e. The molecule has 0 heterocycles. The Labute approximate surface area is 194 Å². The number of nitrogens with zero attached hydrogens (tertiary/aromatic N) is 2. The molecule has 0 fully saturated rings. The van der Waals surface area contributed by atoms with E-state index in [1.54, 1.807) is 20.9 Å². The van der Waals surface area contributed by atoms with Crippen LogP contribution in [0.4, 0.5) is 0 Å². The maximum Gasteiger partial charge on any atom is 0.323 e. The van der Waals surface area contributed by atoms with Gasteiger partial charge in [0, 0.05) is 13.6 Å². The van der Waals surface area contributed by atoms with E-state index in [1.165, 1.54) is 11.3 Å². The van der Waals surface area contributed by atoms with Crippen LogP contribution in [0.2, 0.25) is 0 Å². The molecule has 0 radical (unpaired) electrons. The molecule has 182 valence electrons. The Morgan fingerprint density at radius 3 is 2.19 bits per heavy atom. The molecule has 1 amide bonds.